The van der Waals surface area contributed by atoms with E-state index in [9.17, 15) is 0 Å². The van der Waals surface area contributed by atoms with Gasteiger partial charge in [0.2, 0.25) is 0 Å². The standard InChI is InChI=1S/C19H32O/c1-7-12-19(5,16(8-2)13-15(3)4)17-10-9-11-18(14-17)20-6/h9-11,14-16H,7-8,12-13H2,1-6H3. The number of hydrogen-bond donors (Lipinski definition) is 0. The van der Waals surface area contributed by atoms with Crippen molar-refractivity contribution in [1.29, 1.82) is 0 Å². The molecular formula is C19H32O. The minimum Gasteiger partial charge on any atom is -0.497 e. The van der Waals surface area contributed by atoms with Gasteiger partial charge in [0.15, 0.2) is 0 Å². The van der Waals surface area contributed by atoms with Crippen molar-refractivity contribution in [2.75, 3.05) is 7.11 Å². The molecule has 20 heavy (non-hydrogen) atoms. The zero-order chi connectivity index (χ0) is 15.2. The van der Waals surface area contributed by atoms with Gasteiger partial charge in [-0.25, -0.2) is 0 Å². The number of hydrogen-bond acceptors (Lipinski definition) is 1. The third-order valence-corrected chi connectivity index (χ3v) is 4.65. The molecule has 0 spiro atoms. The van der Waals surface area contributed by atoms with Gasteiger partial charge in [-0.15, -0.1) is 0 Å². The molecule has 1 aromatic carbocycles. The van der Waals surface area contributed by atoms with Gasteiger partial charge >= 0.3 is 0 Å². The summed E-state index contributed by atoms with van der Waals surface area (Å²) in [6.45, 7) is 11.7. The van der Waals surface area contributed by atoms with E-state index in [4.69, 9.17) is 4.74 Å². The Bertz CT molecular complexity index is 397. The highest BCUT2D eigenvalue weighted by Crippen LogP contribution is 2.42. The maximum atomic E-state index is 5.42. The molecule has 0 aliphatic carbocycles. The summed E-state index contributed by atoms with van der Waals surface area (Å²) in [5, 5.41) is 0. The molecule has 2 atom stereocenters. The van der Waals surface area contributed by atoms with Gasteiger partial charge in [0.05, 0.1) is 7.11 Å². The lowest BCUT2D eigenvalue weighted by Gasteiger charge is -2.39. The van der Waals surface area contributed by atoms with Crippen LogP contribution in [0.5, 0.6) is 5.75 Å². The summed E-state index contributed by atoms with van der Waals surface area (Å²) in [7, 11) is 1.75. The molecule has 114 valence electrons. The van der Waals surface area contributed by atoms with Crippen molar-refractivity contribution in [1.82, 2.24) is 0 Å². The highest BCUT2D eigenvalue weighted by Gasteiger charge is 2.34. The Balaban J connectivity index is 3.16. The Hall–Kier alpha value is -0.980. The van der Waals surface area contributed by atoms with Crippen LogP contribution in [0.1, 0.15) is 65.9 Å². The van der Waals surface area contributed by atoms with Crippen molar-refractivity contribution >= 4 is 0 Å². The van der Waals surface area contributed by atoms with Gasteiger partial charge < -0.3 is 4.74 Å². The summed E-state index contributed by atoms with van der Waals surface area (Å²) in [6, 6.07) is 8.68. The zero-order valence-corrected chi connectivity index (χ0v) is 14.2. The van der Waals surface area contributed by atoms with Crippen LogP contribution < -0.4 is 4.74 Å². The van der Waals surface area contributed by atoms with E-state index in [1.54, 1.807) is 7.11 Å². The summed E-state index contributed by atoms with van der Waals surface area (Å²) in [6.07, 6.45) is 5.00. The summed E-state index contributed by atoms with van der Waals surface area (Å²) >= 11 is 0. The van der Waals surface area contributed by atoms with Crippen molar-refractivity contribution in [3.05, 3.63) is 29.8 Å². The molecular weight excluding hydrogens is 244 g/mol. The summed E-state index contributed by atoms with van der Waals surface area (Å²) in [4.78, 5) is 0. The van der Waals surface area contributed by atoms with E-state index in [-0.39, 0.29) is 5.41 Å². The highest BCUT2D eigenvalue weighted by atomic mass is 16.5. The average Bonchev–Trinajstić information content (AvgIpc) is 2.44. The zero-order valence-electron chi connectivity index (χ0n) is 14.2. The molecule has 1 heteroatoms. The lowest BCUT2D eigenvalue weighted by Crippen LogP contribution is -2.32. The Morgan fingerprint density at radius 3 is 2.40 bits per heavy atom. The number of methoxy groups -OCH3 is 1. The normalized spacial score (nSPS) is 15.9. The fourth-order valence-corrected chi connectivity index (χ4v) is 3.53. The summed E-state index contributed by atoms with van der Waals surface area (Å²) in [5.41, 5.74) is 1.69. The topological polar surface area (TPSA) is 9.23 Å². The molecule has 0 saturated heterocycles. The first-order valence-corrected chi connectivity index (χ1v) is 8.12. The molecule has 0 saturated carbocycles. The minimum absolute atomic E-state index is 0.252. The Labute approximate surface area is 125 Å². The SMILES string of the molecule is CCCC(C)(c1cccc(OC)c1)C(CC)CC(C)C. The van der Waals surface area contributed by atoms with Gasteiger partial charge in [-0.1, -0.05) is 59.6 Å². The maximum Gasteiger partial charge on any atom is 0.119 e. The van der Waals surface area contributed by atoms with Crippen LogP contribution in [-0.4, -0.2) is 7.11 Å². The van der Waals surface area contributed by atoms with E-state index in [0.717, 1.165) is 17.6 Å². The van der Waals surface area contributed by atoms with E-state index >= 15 is 0 Å². The summed E-state index contributed by atoms with van der Waals surface area (Å²) in [5.74, 6) is 2.46. The maximum absolute atomic E-state index is 5.42. The predicted molar refractivity (Wildman–Crippen MR) is 88.5 cm³/mol. The Morgan fingerprint density at radius 1 is 1.20 bits per heavy atom. The van der Waals surface area contributed by atoms with Crippen molar-refractivity contribution in [3.8, 4) is 5.75 Å². The van der Waals surface area contributed by atoms with Gasteiger partial charge in [-0.05, 0) is 47.8 Å². The molecule has 0 radical (unpaired) electrons. The van der Waals surface area contributed by atoms with Crippen LogP contribution in [0, 0.1) is 11.8 Å². The van der Waals surface area contributed by atoms with Crippen LogP contribution in [0.15, 0.2) is 24.3 Å². The van der Waals surface area contributed by atoms with E-state index in [2.05, 4.69) is 52.8 Å². The molecule has 1 rings (SSSR count). The predicted octanol–water partition coefficient (Wildman–Crippen LogP) is 5.83. The van der Waals surface area contributed by atoms with Crippen LogP contribution in [0.3, 0.4) is 0 Å². The van der Waals surface area contributed by atoms with E-state index < -0.39 is 0 Å². The van der Waals surface area contributed by atoms with Crippen molar-refractivity contribution in [2.24, 2.45) is 11.8 Å². The van der Waals surface area contributed by atoms with Gasteiger partial charge in [-0.3, -0.25) is 0 Å². The molecule has 0 amide bonds. The van der Waals surface area contributed by atoms with Crippen molar-refractivity contribution in [3.63, 3.8) is 0 Å². The Kier molecular flexibility index (Phi) is 6.58. The number of ether oxygens (including phenoxy) is 1. The van der Waals surface area contributed by atoms with Crippen LogP contribution in [0.2, 0.25) is 0 Å². The quantitative estimate of drug-likeness (QED) is 0.581. The Morgan fingerprint density at radius 2 is 1.90 bits per heavy atom. The van der Waals surface area contributed by atoms with Gasteiger partial charge in [-0.2, -0.15) is 0 Å². The third kappa shape index (κ3) is 4.01. The summed E-state index contributed by atoms with van der Waals surface area (Å²) < 4.78 is 5.42. The van der Waals surface area contributed by atoms with Crippen LogP contribution >= 0.6 is 0 Å². The monoisotopic (exact) mass is 276 g/mol. The van der Waals surface area contributed by atoms with Gasteiger partial charge in [0.1, 0.15) is 5.75 Å². The van der Waals surface area contributed by atoms with E-state index in [1.165, 1.54) is 31.2 Å². The molecule has 1 nitrogen and oxygen atoms in total. The first-order valence-electron chi connectivity index (χ1n) is 8.12. The fraction of sp³-hybridized carbons (Fsp3) is 0.684. The average molecular weight is 276 g/mol. The van der Waals surface area contributed by atoms with Crippen LogP contribution in [0.4, 0.5) is 0 Å². The van der Waals surface area contributed by atoms with Gasteiger partial charge in [0.25, 0.3) is 0 Å². The molecule has 2 unspecified atom stereocenters. The second-order valence-electron chi connectivity index (χ2n) is 6.63. The lowest BCUT2D eigenvalue weighted by atomic mass is 9.65. The molecule has 0 bridgehead atoms. The van der Waals surface area contributed by atoms with Crippen molar-refractivity contribution in [2.45, 2.75) is 65.7 Å². The second kappa shape index (κ2) is 7.71. The highest BCUT2D eigenvalue weighted by molar-refractivity contribution is 5.34. The number of rotatable bonds is 8. The molecule has 0 fully saturated rings. The molecule has 1 aromatic rings. The van der Waals surface area contributed by atoms with E-state index in [1.807, 2.05) is 6.07 Å². The smallest absolute Gasteiger partial charge is 0.119 e. The van der Waals surface area contributed by atoms with Crippen molar-refractivity contribution < 1.29 is 4.74 Å². The third-order valence-electron chi connectivity index (χ3n) is 4.65. The van der Waals surface area contributed by atoms with E-state index in [0.29, 0.717) is 0 Å². The largest absolute Gasteiger partial charge is 0.497 e. The van der Waals surface area contributed by atoms with Crippen LogP contribution in [-0.2, 0) is 5.41 Å². The lowest BCUT2D eigenvalue weighted by molar-refractivity contribution is 0.223. The first-order chi connectivity index (χ1) is 9.47. The molecule has 0 aromatic heterocycles. The second-order valence-corrected chi connectivity index (χ2v) is 6.63. The fourth-order valence-electron chi connectivity index (χ4n) is 3.53. The van der Waals surface area contributed by atoms with Gasteiger partial charge in [0, 0.05) is 0 Å². The molecule has 0 N–H and O–H groups in total. The minimum atomic E-state index is 0.252. The molecule has 0 heterocycles. The number of benzene rings is 1. The molecule has 0 aliphatic rings. The first kappa shape index (κ1) is 17.1. The molecule has 0 aliphatic heterocycles. The van der Waals surface area contributed by atoms with Crippen LogP contribution in [0.25, 0.3) is 0 Å².